The zero-order valence-corrected chi connectivity index (χ0v) is 19.5. The van der Waals surface area contributed by atoms with Crippen molar-refractivity contribution < 1.29 is 9.90 Å². The van der Waals surface area contributed by atoms with Crippen LogP contribution in [-0.4, -0.2) is 78.1 Å². The van der Waals surface area contributed by atoms with Gasteiger partial charge < -0.3 is 14.9 Å². The van der Waals surface area contributed by atoms with Gasteiger partial charge in [0.1, 0.15) is 0 Å². The predicted molar refractivity (Wildman–Crippen MR) is 128 cm³/mol. The molecular formula is C27H37N3O2. The van der Waals surface area contributed by atoms with Gasteiger partial charge in [0.15, 0.2) is 0 Å². The summed E-state index contributed by atoms with van der Waals surface area (Å²) in [5.41, 5.74) is 3.88. The van der Waals surface area contributed by atoms with Crippen LogP contribution in [0, 0.1) is 5.92 Å². The number of nitrogens with zero attached hydrogens (tertiary/aromatic N) is 3. The maximum absolute atomic E-state index is 13.3. The van der Waals surface area contributed by atoms with E-state index in [1.807, 2.05) is 17.9 Å². The molecule has 5 nitrogen and oxygen atoms in total. The second-order valence-corrected chi connectivity index (χ2v) is 9.73. The Morgan fingerprint density at radius 2 is 1.78 bits per heavy atom. The Morgan fingerprint density at radius 1 is 1.09 bits per heavy atom. The Hall–Kier alpha value is -2.21. The Labute approximate surface area is 192 Å². The van der Waals surface area contributed by atoms with Gasteiger partial charge in [-0.25, -0.2) is 0 Å². The molecule has 1 saturated heterocycles. The maximum atomic E-state index is 13.3. The van der Waals surface area contributed by atoms with Gasteiger partial charge in [0, 0.05) is 32.1 Å². The minimum absolute atomic E-state index is 0.217. The quantitative estimate of drug-likeness (QED) is 0.726. The first-order chi connectivity index (χ1) is 15.5. The molecule has 2 unspecified atom stereocenters. The number of piperidine rings is 1. The number of fused-ring (bicyclic) bond motifs is 1. The molecule has 1 amide bonds. The van der Waals surface area contributed by atoms with Crippen molar-refractivity contribution in [3.63, 3.8) is 0 Å². The minimum atomic E-state index is -0.263. The van der Waals surface area contributed by atoms with Gasteiger partial charge in [-0.1, -0.05) is 54.6 Å². The van der Waals surface area contributed by atoms with Gasteiger partial charge >= 0.3 is 0 Å². The Kier molecular flexibility index (Phi) is 7.61. The van der Waals surface area contributed by atoms with Crippen LogP contribution < -0.4 is 0 Å². The first kappa shape index (κ1) is 23.0. The fourth-order valence-corrected chi connectivity index (χ4v) is 5.33. The molecule has 2 atom stereocenters. The summed E-state index contributed by atoms with van der Waals surface area (Å²) in [5.74, 6) is 1.07. The highest BCUT2D eigenvalue weighted by atomic mass is 16.3. The molecule has 0 bridgehead atoms. The van der Waals surface area contributed by atoms with E-state index >= 15 is 0 Å². The van der Waals surface area contributed by atoms with Crippen molar-refractivity contribution in [2.75, 3.05) is 46.3 Å². The molecule has 2 aromatic rings. The number of benzene rings is 2. The molecule has 0 aromatic heterocycles. The minimum Gasteiger partial charge on any atom is -0.392 e. The molecule has 172 valence electrons. The van der Waals surface area contributed by atoms with E-state index < -0.39 is 0 Å². The lowest BCUT2D eigenvalue weighted by Crippen LogP contribution is -2.45. The van der Waals surface area contributed by atoms with E-state index in [9.17, 15) is 9.90 Å². The van der Waals surface area contributed by atoms with E-state index in [-0.39, 0.29) is 17.9 Å². The molecular weight excluding hydrogens is 398 g/mol. The number of amides is 1. The van der Waals surface area contributed by atoms with Crippen LogP contribution in [0.15, 0.2) is 54.6 Å². The largest absolute Gasteiger partial charge is 0.392 e. The smallest absolute Gasteiger partial charge is 0.237 e. The number of hydrogen-bond donors (Lipinski definition) is 1. The van der Waals surface area contributed by atoms with Crippen molar-refractivity contribution >= 4 is 5.91 Å². The van der Waals surface area contributed by atoms with Crippen LogP contribution in [0.25, 0.3) is 0 Å². The SMILES string of the molecule is CC(O)CN1CCC(CN(C)CC(=O)N2Cc3ccccc3C(c3ccccc3)C2)CC1. The molecule has 1 N–H and O–H groups in total. The van der Waals surface area contributed by atoms with Crippen LogP contribution in [0.1, 0.15) is 42.4 Å². The van der Waals surface area contributed by atoms with Crippen molar-refractivity contribution in [3.8, 4) is 0 Å². The molecule has 2 aliphatic rings. The standard InChI is InChI=1S/C27H37N3O2/c1-21(31)16-29-14-12-22(13-15-29)17-28(2)20-27(32)30-18-24-10-6-7-11-25(24)26(19-30)23-8-4-3-5-9-23/h3-11,21-22,26,31H,12-20H2,1-2H3. The number of β-amino-alcohol motifs (C(OH)–C–C–N with tert-alkyl or cyclic N) is 1. The fraction of sp³-hybridized carbons (Fsp3) is 0.519. The summed E-state index contributed by atoms with van der Waals surface area (Å²) < 4.78 is 0. The third kappa shape index (κ3) is 5.77. The van der Waals surface area contributed by atoms with E-state index in [1.165, 1.54) is 16.7 Å². The van der Waals surface area contributed by atoms with Gasteiger partial charge in [-0.05, 0) is 62.5 Å². The fourth-order valence-electron chi connectivity index (χ4n) is 5.33. The lowest BCUT2D eigenvalue weighted by Gasteiger charge is -2.37. The monoisotopic (exact) mass is 435 g/mol. The number of aliphatic hydroxyl groups excluding tert-OH is 1. The number of hydrogen-bond acceptors (Lipinski definition) is 4. The maximum Gasteiger partial charge on any atom is 0.237 e. The number of likely N-dealkylation sites (N-methyl/N-ethyl adjacent to an activating group) is 1. The van der Waals surface area contributed by atoms with E-state index in [0.717, 1.165) is 45.6 Å². The van der Waals surface area contributed by atoms with E-state index in [2.05, 4.69) is 65.4 Å². The van der Waals surface area contributed by atoms with Crippen LogP contribution in [-0.2, 0) is 11.3 Å². The number of aliphatic hydroxyl groups is 1. The molecule has 5 heteroatoms. The molecule has 1 fully saturated rings. The number of carbonyl (C=O) groups is 1. The highest BCUT2D eigenvalue weighted by Gasteiger charge is 2.30. The van der Waals surface area contributed by atoms with Crippen LogP contribution in [0.5, 0.6) is 0 Å². The summed E-state index contributed by atoms with van der Waals surface area (Å²) in [4.78, 5) is 19.9. The molecule has 2 heterocycles. The average molecular weight is 436 g/mol. The summed E-state index contributed by atoms with van der Waals surface area (Å²) in [5, 5.41) is 9.60. The van der Waals surface area contributed by atoms with E-state index in [0.29, 0.717) is 19.0 Å². The van der Waals surface area contributed by atoms with Gasteiger partial charge in [-0.3, -0.25) is 9.69 Å². The van der Waals surface area contributed by atoms with Gasteiger partial charge in [0.05, 0.1) is 12.6 Å². The van der Waals surface area contributed by atoms with Gasteiger partial charge in [-0.15, -0.1) is 0 Å². The third-order valence-electron chi connectivity index (χ3n) is 6.95. The molecule has 0 spiro atoms. The van der Waals surface area contributed by atoms with Crippen molar-refractivity contribution in [1.82, 2.24) is 14.7 Å². The first-order valence-electron chi connectivity index (χ1n) is 12.0. The van der Waals surface area contributed by atoms with E-state index in [1.54, 1.807) is 0 Å². The van der Waals surface area contributed by atoms with E-state index in [4.69, 9.17) is 0 Å². The number of rotatable bonds is 7. The normalized spacial score (nSPS) is 20.9. The summed E-state index contributed by atoms with van der Waals surface area (Å²) in [6.07, 6.45) is 2.01. The Morgan fingerprint density at radius 3 is 2.50 bits per heavy atom. The van der Waals surface area contributed by atoms with Gasteiger partial charge in [0.2, 0.25) is 5.91 Å². The zero-order chi connectivity index (χ0) is 22.5. The first-order valence-corrected chi connectivity index (χ1v) is 12.0. The van der Waals surface area contributed by atoms with Gasteiger partial charge in [0.25, 0.3) is 0 Å². The van der Waals surface area contributed by atoms with Crippen LogP contribution in [0.4, 0.5) is 0 Å². The predicted octanol–water partition coefficient (Wildman–Crippen LogP) is 3.19. The summed E-state index contributed by atoms with van der Waals surface area (Å²) in [7, 11) is 2.08. The second-order valence-electron chi connectivity index (χ2n) is 9.73. The Bertz CT molecular complexity index is 877. The summed E-state index contributed by atoms with van der Waals surface area (Å²) >= 11 is 0. The summed E-state index contributed by atoms with van der Waals surface area (Å²) in [6, 6.07) is 19.1. The molecule has 0 saturated carbocycles. The Balaban J connectivity index is 1.34. The van der Waals surface area contributed by atoms with Crippen LogP contribution >= 0.6 is 0 Å². The highest BCUT2D eigenvalue weighted by molar-refractivity contribution is 5.79. The van der Waals surface area contributed by atoms with Crippen molar-refractivity contribution in [1.29, 1.82) is 0 Å². The molecule has 0 radical (unpaired) electrons. The molecule has 0 aliphatic carbocycles. The van der Waals surface area contributed by atoms with Crippen molar-refractivity contribution in [2.45, 2.75) is 38.3 Å². The average Bonchev–Trinajstić information content (AvgIpc) is 2.80. The lowest BCUT2D eigenvalue weighted by atomic mass is 9.84. The topological polar surface area (TPSA) is 47.0 Å². The van der Waals surface area contributed by atoms with Crippen LogP contribution in [0.3, 0.4) is 0 Å². The van der Waals surface area contributed by atoms with Crippen LogP contribution in [0.2, 0.25) is 0 Å². The lowest BCUT2D eigenvalue weighted by molar-refractivity contribution is -0.133. The molecule has 32 heavy (non-hydrogen) atoms. The zero-order valence-electron chi connectivity index (χ0n) is 19.5. The number of carbonyl (C=O) groups excluding carboxylic acids is 1. The third-order valence-corrected chi connectivity index (χ3v) is 6.95. The second kappa shape index (κ2) is 10.6. The highest BCUT2D eigenvalue weighted by Crippen LogP contribution is 2.33. The van der Waals surface area contributed by atoms with Crippen molar-refractivity contribution in [3.05, 3.63) is 71.3 Å². The van der Waals surface area contributed by atoms with Gasteiger partial charge in [-0.2, -0.15) is 0 Å². The van der Waals surface area contributed by atoms with Crippen molar-refractivity contribution in [2.24, 2.45) is 5.92 Å². The molecule has 2 aromatic carbocycles. The summed E-state index contributed by atoms with van der Waals surface area (Å²) in [6.45, 7) is 7.57. The number of likely N-dealkylation sites (tertiary alicyclic amines) is 1. The molecule has 4 rings (SSSR count). The molecule has 2 aliphatic heterocycles.